The molecule has 17 heavy (non-hydrogen) atoms. The van der Waals surface area contributed by atoms with E-state index >= 15 is 0 Å². The first kappa shape index (κ1) is 14.7. The van der Waals surface area contributed by atoms with Crippen molar-refractivity contribution in [1.29, 1.82) is 0 Å². The van der Waals surface area contributed by atoms with Crippen molar-refractivity contribution in [3.8, 4) is 0 Å². The molecule has 1 N–H and O–H groups in total. The molecule has 96 valence electrons. The highest BCUT2D eigenvalue weighted by molar-refractivity contribution is 9.10. The first-order valence-electron chi connectivity index (χ1n) is 6.36. The Kier molecular flexibility index (Phi) is 5.68. The van der Waals surface area contributed by atoms with E-state index in [4.69, 9.17) is 0 Å². The van der Waals surface area contributed by atoms with Crippen LogP contribution in [0, 0.1) is 5.92 Å². The van der Waals surface area contributed by atoms with Crippen LogP contribution in [0.15, 0.2) is 28.7 Å². The lowest BCUT2D eigenvalue weighted by Gasteiger charge is -2.23. The normalized spacial score (nSPS) is 13.7. The number of hydrogen-bond donors (Lipinski definition) is 1. The minimum Gasteiger partial charge on any atom is -0.312 e. The highest BCUT2D eigenvalue weighted by atomic mass is 79.9. The third-order valence-corrected chi connectivity index (χ3v) is 3.29. The Morgan fingerprint density at radius 1 is 1.29 bits per heavy atom. The van der Waals surface area contributed by atoms with Gasteiger partial charge in [0.1, 0.15) is 0 Å². The second kappa shape index (κ2) is 6.55. The van der Waals surface area contributed by atoms with Gasteiger partial charge in [-0.05, 0) is 63.8 Å². The number of nitrogens with one attached hydrogen (secondary N) is 1. The fraction of sp³-hybridized carbons (Fsp3) is 0.600. The fourth-order valence-electron chi connectivity index (χ4n) is 1.69. The van der Waals surface area contributed by atoms with Gasteiger partial charge in [-0.3, -0.25) is 0 Å². The molecular formula is C15H24BrN. The summed E-state index contributed by atoms with van der Waals surface area (Å²) in [6, 6.07) is 8.60. The monoisotopic (exact) mass is 297 g/mol. The van der Waals surface area contributed by atoms with Crippen molar-refractivity contribution in [3.05, 3.63) is 34.3 Å². The van der Waals surface area contributed by atoms with Crippen molar-refractivity contribution in [2.75, 3.05) is 6.54 Å². The Labute approximate surface area is 114 Å². The molecule has 0 aliphatic rings. The van der Waals surface area contributed by atoms with Crippen LogP contribution in [0.2, 0.25) is 0 Å². The minimum absolute atomic E-state index is 0.226. The molecular weight excluding hydrogens is 274 g/mol. The van der Waals surface area contributed by atoms with Crippen LogP contribution in [0.5, 0.6) is 0 Å². The fourth-order valence-corrected chi connectivity index (χ4v) is 2.13. The maximum Gasteiger partial charge on any atom is 0.0177 e. The van der Waals surface area contributed by atoms with Crippen LogP contribution >= 0.6 is 15.9 Å². The molecule has 1 rings (SSSR count). The highest BCUT2D eigenvalue weighted by Gasteiger charge is 2.10. The maximum absolute atomic E-state index is 3.56. The van der Waals surface area contributed by atoms with E-state index in [0.717, 1.165) is 13.0 Å². The SMILES string of the molecule is CC(CCc1cccc(Br)c1)CNC(C)(C)C. The first-order chi connectivity index (χ1) is 7.87. The summed E-state index contributed by atoms with van der Waals surface area (Å²) in [6.45, 7) is 10.1. The van der Waals surface area contributed by atoms with Gasteiger partial charge in [0, 0.05) is 10.0 Å². The molecule has 0 fully saturated rings. The molecule has 0 bridgehead atoms. The second-order valence-electron chi connectivity index (χ2n) is 5.90. The van der Waals surface area contributed by atoms with Gasteiger partial charge >= 0.3 is 0 Å². The third kappa shape index (κ3) is 6.85. The van der Waals surface area contributed by atoms with E-state index in [1.165, 1.54) is 16.5 Å². The van der Waals surface area contributed by atoms with Gasteiger partial charge < -0.3 is 5.32 Å². The van der Waals surface area contributed by atoms with Crippen molar-refractivity contribution < 1.29 is 0 Å². The molecule has 2 heteroatoms. The summed E-state index contributed by atoms with van der Waals surface area (Å²) >= 11 is 3.51. The van der Waals surface area contributed by atoms with Crippen molar-refractivity contribution >= 4 is 15.9 Å². The molecule has 0 spiro atoms. The number of halogens is 1. The van der Waals surface area contributed by atoms with Crippen LogP contribution in [0.1, 0.15) is 39.7 Å². The Morgan fingerprint density at radius 3 is 2.59 bits per heavy atom. The number of rotatable bonds is 5. The smallest absolute Gasteiger partial charge is 0.0177 e. The third-order valence-electron chi connectivity index (χ3n) is 2.80. The largest absolute Gasteiger partial charge is 0.312 e. The van der Waals surface area contributed by atoms with Crippen molar-refractivity contribution in [3.63, 3.8) is 0 Å². The molecule has 0 amide bonds. The van der Waals surface area contributed by atoms with Crippen LogP contribution in [0.4, 0.5) is 0 Å². The lowest BCUT2D eigenvalue weighted by molar-refractivity contribution is 0.372. The molecule has 0 aliphatic heterocycles. The molecule has 0 heterocycles. The average Bonchev–Trinajstić information content (AvgIpc) is 2.23. The summed E-state index contributed by atoms with van der Waals surface area (Å²) in [7, 11) is 0. The molecule has 1 aromatic rings. The average molecular weight is 298 g/mol. The summed E-state index contributed by atoms with van der Waals surface area (Å²) in [6.07, 6.45) is 2.39. The molecule has 0 saturated carbocycles. The Bertz CT molecular complexity index is 341. The maximum atomic E-state index is 3.56. The summed E-state index contributed by atoms with van der Waals surface area (Å²) in [4.78, 5) is 0. The summed E-state index contributed by atoms with van der Waals surface area (Å²) in [5.74, 6) is 0.716. The highest BCUT2D eigenvalue weighted by Crippen LogP contribution is 2.15. The van der Waals surface area contributed by atoms with Crippen LogP contribution in [-0.4, -0.2) is 12.1 Å². The van der Waals surface area contributed by atoms with Gasteiger partial charge in [-0.1, -0.05) is 35.0 Å². The van der Waals surface area contributed by atoms with Gasteiger partial charge in [-0.25, -0.2) is 0 Å². The van der Waals surface area contributed by atoms with E-state index in [1.807, 2.05) is 0 Å². The van der Waals surface area contributed by atoms with Crippen LogP contribution in [0.3, 0.4) is 0 Å². The van der Waals surface area contributed by atoms with Crippen LogP contribution in [0.25, 0.3) is 0 Å². The minimum atomic E-state index is 0.226. The Balaban J connectivity index is 2.31. The molecule has 1 atom stereocenters. The zero-order valence-electron chi connectivity index (χ0n) is 11.4. The van der Waals surface area contributed by atoms with Gasteiger partial charge in [0.25, 0.3) is 0 Å². The predicted octanol–water partition coefficient (Wildman–Crippen LogP) is 4.41. The van der Waals surface area contributed by atoms with Gasteiger partial charge in [-0.15, -0.1) is 0 Å². The van der Waals surface area contributed by atoms with Crippen molar-refractivity contribution in [2.24, 2.45) is 5.92 Å². The van der Waals surface area contributed by atoms with Gasteiger partial charge in [0.15, 0.2) is 0 Å². The zero-order chi connectivity index (χ0) is 12.9. The molecule has 0 aliphatic carbocycles. The van der Waals surface area contributed by atoms with Crippen LogP contribution < -0.4 is 5.32 Å². The molecule has 1 aromatic carbocycles. The molecule has 0 aromatic heterocycles. The summed E-state index contributed by atoms with van der Waals surface area (Å²) < 4.78 is 1.18. The quantitative estimate of drug-likeness (QED) is 0.849. The van der Waals surface area contributed by atoms with Gasteiger partial charge in [0.2, 0.25) is 0 Å². The first-order valence-corrected chi connectivity index (χ1v) is 7.15. The van der Waals surface area contributed by atoms with E-state index < -0.39 is 0 Å². The van der Waals surface area contributed by atoms with Crippen molar-refractivity contribution in [2.45, 2.75) is 46.1 Å². The molecule has 0 saturated heterocycles. The van der Waals surface area contributed by atoms with E-state index in [9.17, 15) is 0 Å². The lowest BCUT2D eigenvalue weighted by Crippen LogP contribution is -2.38. The predicted molar refractivity (Wildman–Crippen MR) is 79.4 cm³/mol. The van der Waals surface area contributed by atoms with E-state index in [2.05, 4.69) is 73.2 Å². The standard InChI is InChI=1S/C15H24BrN/c1-12(11-17-15(2,3)4)8-9-13-6-5-7-14(16)10-13/h5-7,10,12,17H,8-9,11H2,1-4H3. The number of benzene rings is 1. The zero-order valence-corrected chi connectivity index (χ0v) is 13.0. The second-order valence-corrected chi connectivity index (χ2v) is 6.82. The topological polar surface area (TPSA) is 12.0 Å². The van der Waals surface area contributed by atoms with Crippen molar-refractivity contribution in [1.82, 2.24) is 5.32 Å². The van der Waals surface area contributed by atoms with E-state index in [0.29, 0.717) is 5.92 Å². The number of aryl methyl sites for hydroxylation is 1. The number of hydrogen-bond acceptors (Lipinski definition) is 1. The lowest BCUT2D eigenvalue weighted by atomic mass is 9.99. The van der Waals surface area contributed by atoms with Gasteiger partial charge in [-0.2, -0.15) is 0 Å². The molecule has 1 unspecified atom stereocenters. The Morgan fingerprint density at radius 2 is 2.00 bits per heavy atom. The Hall–Kier alpha value is -0.340. The molecule has 0 radical (unpaired) electrons. The van der Waals surface area contributed by atoms with Gasteiger partial charge in [0.05, 0.1) is 0 Å². The van der Waals surface area contributed by atoms with E-state index in [1.54, 1.807) is 0 Å². The van der Waals surface area contributed by atoms with Crippen LogP contribution in [-0.2, 0) is 6.42 Å². The molecule has 1 nitrogen and oxygen atoms in total. The van der Waals surface area contributed by atoms with E-state index in [-0.39, 0.29) is 5.54 Å². The summed E-state index contributed by atoms with van der Waals surface area (Å²) in [5, 5.41) is 3.56. The summed E-state index contributed by atoms with van der Waals surface area (Å²) in [5.41, 5.74) is 1.64.